The molecule has 2 heterocycles. The van der Waals surface area contributed by atoms with E-state index in [1.54, 1.807) is 25.6 Å². The Labute approximate surface area is 105 Å². The van der Waals surface area contributed by atoms with Crippen molar-refractivity contribution >= 4 is 11.9 Å². The highest BCUT2D eigenvalue weighted by atomic mass is 16.4. The smallest absolute Gasteiger partial charge is 0.329 e. The van der Waals surface area contributed by atoms with Crippen LogP contribution in [0.4, 0.5) is 0 Å². The zero-order chi connectivity index (χ0) is 13.2. The molecule has 0 radical (unpaired) electrons. The van der Waals surface area contributed by atoms with E-state index in [0.29, 0.717) is 25.9 Å². The molecule has 1 aromatic rings. The van der Waals surface area contributed by atoms with Gasteiger partial charge >= 0.3 is 5.97 Å². The van der Waals surface area contributed by atoms with Crippen LogP contribution in [0, 0.1) is 0 Å². The third-order valence-electron chi connectivity index (χ3n) is 3.55. The minimum Gasteiger partial charge on any atom is -0.480 e. The normalized spacial score (nSPS) is 23.3. The summed E-state index contributed by atoms with van der Waals surface area (Å²) < 4.78 is 1.81. The maximum atomic E-state index is 12.1. The van der Waals surface area contributed by atoms with Crippen molar-refractivity contribution in [1.29, 1.82) is 0 Å². The van der Waals surface area contributed by atoms with Gasteiger partial charge in [-0.25, -0.2) is 9.78 Å². The van der Waals surface area contributed by atoms with Gasteiger partial charge in [-0.15, -0.1) is 0 Å². The van der Waals surface area contributed by atoms with Gasteiger partial charge in [0.15, 0.2) is 0 Å². The molecule has 0 bridgehead atoms. The van der Waals surface area contributed by atoms with Crippen molar-refractivity contribution in [3.8, 4) is 0 Å². The average Bonchev–Trinajstić information content (AvgIpc) is 2.95. The molecule has 18 heavy (non-hydrogen) atoms. The maximum absolute atomic E-state index is 12.1. The van der Waals surface area contributed by atoms with E-state index in [2.05, 4.69) is 4.98 Å². The van der Waals surface area contributed by atoms with E-state index >= 15 is 0 Å². The third-order valence-corrected chi connectivity index (χ3v) is 3.55. The van der Waals surface area contributed by atoms with Gasteiger partial charge in [0.05, 0.1) is 6.33 Å². The quantitative estimate of drug-likeness (QED) is 0.856. The molecule has 0 saturated carbocycles. The second kappa shape index (κ2) is 4.80. The molecule has 2 rings (SSSR count). The van der Waals surface area contributed by atoms with E-state index in [1.807, 2.05) is 4.57 Å². The van der Waals surface area contributed by atoms with Crippen LogP contribution in [0.2, 0.25) is 0 Å². The highest BCUT2D eigenvalue weighted by molar-refractivity contribution is 5.87. The van der Waals surface area contributed by atoms with Crippen LogP contribution >= 0.6 is 0 Å². The number of carboxylic acid groups (broad SMARTS) is 1. The molecule has 0 aliphatic carbocycles. The summed E-state index contributed by atoms with van der Waals surface area (Å²) in [6.07, 6.45) is 6.67. The number of aryl methyl sites for hydroxylation is 1. The van der Waals surface area contributed by atoms with Gasteiger partial charge in [0.1, 0.15) is 5.54 Å². The van der Waals surface area contributed by atoms with Gasteiger partial charge < -0.3 is 14.6 Å². The summed E-state index contributed by atoms with van der Waals surface area (Å²) >= 11 is 0. The molecule has 6 nitrogen and oxygen atoms in total. The molecule has 1 aliphatic heterocycles. The lowest BCUT2D eigenvalue weighted by atomic mass is 9.99. The second-order valence-corrected chi connectivity index (χ2v) is 4.78. The summed E-state index contributed by atoms with van der Waals surface area (Å²) in [5.74, 6) is -1.03. The van der Waals surface area contributed by atoms with E-state index in [0.717, 1.165) is 6.42 Å². The van der Waals surface area contributed by atoms with Crippen LogP contribution in [0.3, 0.4) is 0 Å². The number of likely N-dealkylation sites (tertiary alicyclic amines) is 1. The molecule has 1 aliphatic rings. The Kier molecular flexibility index (Phi) is 3.36. The molecule has 6 heteroatoms. The van der Waals surface area contributed by atoms with Crippen LogP contribution in [0.25, 0.3) is 0 Å². The highest BCUT2D eigenvalue weighted by Gasteiger charge is 2.45. The molecule has 1 atom stereocenters. The van der Waals surface area contributed by atoms with E-state index in [9.17, 15) is 14.7 Å². The number of imidazole rings is 1. The monoisotopic (exact) mass is 251 g/mol. The van der Waals surface area contributed by atoms with Crippen molar-refractivity contribution in [3.63, 3.8) is 0 Å². The van der Waals surface area contributed by atoms with Gasteiger partial charge in [0.2, 0.25) is 5.91 Å². The molecule has 0 aromatic carbocycles. The fraction of sp³-hybridized carbons (Fsp3) is 0.583. The highest BCUT2D eigenvalue weighted by Crippen LogP contribution is 2.29. The minimum atomic E-state index is -1.04. The Bertz CT molecular complexity index is 443. The molecule has 1 aromatic heterocycles. The standard InChI is InChI=1S/C12H17N3O3/c1-12(11(17)18)4-2-6-15(12)10(16)3-7-14-8-5-13-9-14/h5,8-9H,2-4,6-7H2,1H3,(H,17,18). The predicted molar refractivity (Wildman–Crippen MR) is 63.8 cm³/mol. The van der Waals surface area contributed by atoms with Crippen LogP contribution in [0.1, 0.15) is 26.2 Å². The van der Waals surface area contributed by atoms with Crippen LogP contribution < -0.4 is 0 Å². The predicted octanol–water partition coefficient (Wildman–Crippen LogP) is 0.739. The molecule has 1 unspecified atom stereocenters. The number of aliphatic carboxylic acids is 1. The number of aromatic nitrogens is 2. The first-order valence-corrected chi connectivity index (χ1v) is 6.03. The number of hydrogen-bond acceptors (Lipinski definition) is 3. The number of amides is 1. The molecule has 1 fully saturated rings. The van der Waals surface area contributed by atoms with Gasteiger partial charge in [-0.05, 0) is 19.8 Å². The molecule has 1 N–H and O–H groups in total. The van der Waals surface area contributed by atoms with E-state index in [1.165, 1.54) is 4.90 Å². The Morgan fingerprint density at radius 2 is 2.28 bits per heavy atom. The molecule has 1 saturated heterocycles. The van der Waals surface area contributed by atoms with Gasteiger partial charge in [-0.2, -0.15) is 0 Å². The molecule has 1 amide bonds. The number of hydrogen-bond donors (Lipinski definition) is 1. The van der Waals surface area contributed by atoms with Crippen molar-refractivity contribution in [3.05, 3.63) is 18.7 Å². The van der Waals surface area contributed by atoms with E-state index in [-0.39, 0.29) is 5.91 Å². The summed E-state index contributed by atoms with van der Waals surface area (Å²) in [4.78, 5) is 28.7. The molecular formula is C12H17N3O3. The number of carbonyl (C=O) groups excluding carboxylic acids is 1. The second-order valence-electron chi connectivity index (χ2n) is 4.78. The first-order valence-electron chi connectivity index (χ1n) is 6.03. The first kappa shape index (κ1) is 12.6. The fourth-order valence-corrected chi connectivity index (χ4v) is 2.36. The van der Waals surface area contributed by atoms with Gasteiger partial charge in [0.25, 0.3) is 0 Å². The summed E-state index contributed by atoms with van der Waals surface area (Å²) in [6, 6.07) is 0. The zero-order valence-electron chi connectivity index (χ0n) is 10.4. The van der Waals surface area contributed by atoms with E-state index in [4.69, 9.17) is 0 Å². The van der Waals surface area contributed by atoms with Crippen molar-refractivity contribution in [2.75, 3.05) is 6.54 Å². The Balaban J connectivity index is 1.98. The third kappa shape index (κ3) is 2.23. The van der Waals surface area contributed by atoms with Crippen LogP contribution in [-0.4, -0.2) is 43.5 Å². The van der Waals surface area contributed by atoms with Crippen molar-refractivity contribution in [2.45, 2.75) is 38.3 Å². The van der Waals surface area contributed by atoms with Crippen LogP contribution in [0.15, 0.2) is 18.7 Å². The van der Waals surface area contributed by atoms with E-state index < -0.39 is 11.5 Å². The SMILES string of the molecule is CC1(C(=O)O)CCCN1C(=O)CCn1ccnc1. The molecule has 0 spiro atoms. The minimum absolute atomic E-state index is 0.105. The van der Waals surface area contributed by atoms with Crippen molar-refractivity contribution < 1.29 is 14.7 Å². The Morgan fingerprint density at radius 1 is 1.50 bits per heavy atom. The summed E-state index contributed by atoms with van der Waals surface area (Å²) in [5, 5.41) is 9.23. The van der Waals surface area contributed by atoms with Gasteiger partial charge in [-0.3, -0.25) is 4.79 Å². The Hall–Kier alpha value is -1.85. The topological polar surface area (TPSA) is 75.4 Å². The lowest BCUT2D eigenvalue weighted by Crippen LogP contribution is -2.50. The fourth-order valence-electron chi connectivity index (χ4n) is 2.36. The maximum Gasteiger partial charge on any atom is 0.329 e. The number of carboxylic acids is 1. The number of carbonyl (C=O) groups is 2. The zero-order valence-corrected chi connectivity index (χ0v) is 10.4. The van der Waals surface area contributed by atoms with Crippen molar-refractivity contribution in [2.24, 2.45) is 0 Å². The molecule has 98 valence electrons. The van der Waals surface area contributed by atoms with Crippen molar-refractivity contribution in [1.82, 2.24) is 14.5 Å². The molecular weight excluding hydrogens is 234 g/mol. The van der Waals surface area contributed by atoms with Crippen LogP contribution in [0.5, 0.6) is 0 Å². The number of rotatable bonds is 4. The summed E-state index contributed by atoms with van der Waals surface area (Å²) in [5.41, 5.74) is -1.04. The van der Waals surface area contributed by atoms with Gasteiger partial charge in [-0.1, -0.05) is 0 Å². The first-order chi connectivity index (χ1) is 8.54. The largest absolute Gasteiger partial charge is 0.480 e. The summed E-state index contributed by atoms with van der Waals surface area (Å²) in [7, 11) is 0. The summed E-state index contributed by atoms with van der Waals surface area (Å²) in [6.45, 7) is 2.69. The number of nitrogens with zero attached hydrogens (tertiary/aromatic N) is 3. The lowest BCUT2D eigenvalue weighted by molar-refractivity contribution is -0.155. The Morgan fingerprint density at radius 3 is 2.89 bits per heavy atom. The average molecular weight is 251 g/mol. The lowest BCUT2D eigenvalue weighted by Gasteiger charge is -2.31. The van der Waals surface area contributed by atoms with Gasteiger partial charge in [0, 0.05) is 31.9 Å². The van der Waals surface area contributed by atoms with Crippen LogP contribution in [-0.2, 0) is 16.1 Å².